The van der Waals surface area contributed by atoms with E-state index < -0.39 is 10.0 Å². The summed E-state index contributed by atoms with van der Waals surface area (Å²) in [5, 5.41) is 0. The molecule has 74 valence electrons. The molecule has 0 aliphatic carbocycles. The van der Waals surface area contributed by atoms with Crippen molar-refractivity contribution >= 4 is 10.0 Å². The molecule has 0 bridgehead atoms. The molecule has 0 saturated heterocycles. The SMILES string of the molecule is C[C@@H](Cc1ccco1)NS(C)(=O)=O. The zero-order chi connectivity index (χ0) is 9.90. The second-order valence-electron chi connectivity index (χ2n) is 3.07. The predicted octanol–water partition coefficient (Wildman–Crippen LogP) is 0.760. The maximum atomic E-state index is 10.8. The number of furan rings is 1. The third-order valence-corrected chi connectivity index (χ3v) is 2.33. The van der Waals surface area contributed by atoms with Crippen LogP contribution in [0.2, 0.25) is 0 Å². The van der Waals surface area contributed by atoms with Gasteiger partial charge in [0.15, 0.2) is 0 Å². The van der Waals surface area contributed by atoms with Gasteiger partial charge in [-0.05, 0) is 19.1 Å². The van der Waals surface area contributed by atoms with E-state index in [1.54, 1.807) is 19.3 Å². The van der Waals surface area contributed by atoms with Crippen molar-refractivity contribution in [3.05, 3.63) is 24.2 Å². The van der Waals surface area contributed by atoms with Gasteiger partial charge in [0.2, 0.25) is 10.0 Å². The molecule has 5 heteroatoms. The highest BCUT2D eigenvalue weighted by Crippen LogP contribution is 2.04. The number of nitrogens with one attached hydrogen (secondary N) is 1. The molecule has 0 unspecified atom stereocenters. The molecule has 1 aromatic rings. The molecule has 0 aliphatic rings. The highest BCUT2D eigenvalue weighted by atomic mass is 32.2. The normalized spacial score (nSPS) is 14.3. The van der Waals surface area contributed by atoms with E-state index in [1.807, 2.05) is 6.07 Å². The summed E-state index contributed by atoms with van der Waals surface area (Å²) < 4.78 is 29.2. The van der Waals surface area contributed by atoms with Crippen LogP contribution in [0, 0.1) is 0 Å². The molecule has 0 aromatic carbocycles. The van der Waals surface area contributed by atoms with Gasteiger partial charge >= 0.3 is 0 Å². The first-order valence-corrected chi connectivity index (χ1v) is 5.86. The summed E-state index contributed by atoms with van der Waals surface area (Å²) >= 11 is 0. The van der Waals surface area contributed by atoms with Gasteiger partial charge in [0.25, 0.3) is 0 Å². The molecule has 0 aliphatic heterocycles. The fourth-order valence-electron chi connectivity index (χ4n) is 1.14. The van der Waals surface area contributed by atoms with Crippen LogP contribution in [0.5, 0.6) is 0 Å². The molecule has 1 aromatic heterocycles. The summed E-state index contributed by atoms with van der Waals surface area (Å²) in [6, 6.07) is 3.46. The second kappa shape index (κ2) is 3.93. The highest BCUT2D eigenvalue weighted by molar-refractivity contribution is 7.88. The van der Waals surface area contributed by atoms with Crippen molar-refractivity contribution in [1.29, 1.82) is 0 Å². The maximum Gasteiger partial charge on any atom is 0.208 e. The van der Waals surface area contributed by atoms with Crippen molar-refractivity contribution in [3.8, 4) is 0 Å². The fraction of sp³-hybridized carbons (Fsp3) is 0.500. The summed E-state index contributed by atoms with van der Waals surface area (Å²) in [5.41, 5.74) is 0. The Morgan fingerprint density at radius 1 is 1.62 bits per heavy atom. The minimum atomic E-state index is -3.12. The van der Waals surface area contributed by atoms with Crippen molar-refractivity contribution in [2.75, 3.05) is 6.26 Å². The molecule has 1 rings (SSSR count). The first kappa shape index (κ1) is 10.3. The first-order chi connectivity index (χ1) is 5.97. The number of sulfonamides is 1. The Hall–Kier alpha value is -0.810. The predicted molar refractivity (Wildman–Crippen MR) is 49.9 cm³/mol. The van der Waals surface area contributed by atoms with E-state index in [0.717, 1.165) is 12.0 Å². The Kier molecular flexibility index (Phi) is 3.11. The van der Waals surface area contributed by atoms with Crippen molar-refractivity contribution in [2.24, 2.45) is 0 Å². The maximum absolute atomic E-state index is 10.8. The van der Waals surface area contributed by atoms with Gasteiger partial charge in [-0.15, -0.1) is 0 Å². The van der Waals surface area contributed by atoms with Crippen molar-refractivity contribution in [3.63, 3.8) is 0 Å². The zero-order valence-electron chi connectivity index (χ0n) is 7.65. The van der Waals surface area contributed by atoms with E-state index in [9.17, 15) is 8.42 Å². The highest BCUT2D eigenvalue weighted by Gasteiger charge is 2.10. The monoisotopic (exact) mass is 203 g/mol. The molecular weight excluding hydrogens is 190 g/mol. The van der Waals surface area contributed by atoms with Crippen LogP contribution in [0.1, 0.15) is 12.7 Å². The van der Waals surface area contributed by atoms with E-state index in [-0.39, 0.29) is 6.04 Å². The number of rotatable bonds is 4. The van der Waals surface area contributed by atoms with Crippen LogP contribution in [-0.4, -0.2) is 20.7 Å². The first-order valence-electron chi connectivity index (χ1n) is 3.97. The van der Waals surface area contributed by atoms with Crippen molar-refractivity contribution < 1.29 is 12.8 Å². The van der Waals surface area contributed by atoms with Crippen LogP contribution < -0.4 is 4.72 Å². The van der Waals surface area contributed by atoms with E-state index >= 15 is 0 Å². The van der Waals surface area contributed by atoms with Gasteiger partial charge in [-0.25, -0.2) is 13.1 Å². The van der Waals surface area contributed by atoms with E-state index in [1.165, 1.54) is 0 Å². The Bertz CT molecular complexity index is 341. The summed E-state index contributed by atoms with van der Waals surface area (Å²) in [7, 11) is -3.12. The van der Waals surface area contributed by atoms with Crippen molar-refractivity contribution in [2.45, 2.75) is 19.4 Å². The van der Waals surface area contributed by atoms with Crippen LogP contribution in [0.4, 0.5) is 0 Å². The van der Waals surface area contributed by atoms with E-state index in [2.05, 4.69) is 4.72 Å². The summed E-state index contributed by atoms with van der Waals surface area (Å²) in [6.07, 6.45) is 3.29. The topological polar surface area (TPSA) is 59.3 Å². The molecule has 0 amide bonds. The summed E-state index contributed by atoms with van der Waals surface area (Å²) in [4.78, 5) is 0. The smallest absolute Gasteiger partial charge is 0.208 e. The van der Waals surface area contributed by atoms with E-state index in [4.69, 9.17) is 4.42 Å². The van der Waals surface area contributed by atoms with E-state index in [0.29, 0.717) is 6.42 Å². The molecule has 1 N–H and O–H groups in total. The van der Waals surface area contributed by atoms with Gasteiger partial charge < -0.3 is 4.42 Å². The molecule has 13 heavy (non-hydrogen) atoms. The van der Waals surface area contributed by atoms with Gasteiger partial charge in [-0.3, -0.25) is 0 Å². The minimum absolute atomic E-state index is 0.138. The summed E-state index contributed by atoms with van der Waals surface area (Å²) in [5.74, 6) is 0.781. The Morgan fingerprint density at radius 2 is 2.31 bits per heavy atom. The lowest BCUT2D eigenvalue weighted by Gasteiger charge is -2.09. The molecule has 0 fully saturated rings. The van der Waals surface area contributed by atoms with Crippen LogP contribution in [0.3, 0.4) is 0 Å². The van der Waals surface area contributed by atoms with Gasteiger partial charge in [-0.2, -0.15) is 0 Å². The Labute approximate surface area is 78.0 Å². The van der Waals surface area contributed by atoms with Crippen LogP contribution in [-0.2, 0) is 16.4 Å². The van der Waals surface area contributed by atoms with Crippen molar-refractivity contribution in [1.82, 2.24) is 4.72 Å². The minimum Gasteiger partial charge on any atom is -0.469 e. The molecule has 0 radical (unpaired) electrons. The van der Waals surface area contributed by atoms with Crippen LogP contribution in [0.25, 0.3) is 0 Å². The molecule has 4 nitrogen and oxygen atoms in total. The second-order valence-corrected chi connectivity index (χ2v) is 4.85. The quantitative estimate of drug-likeness (QED) is 0.786. The third-order valence-electron chi connectivity index (χ3n) is 1.50. The number of hydrogen-bond donors (Lipinski definition) is 1. The van der Waals surface area contributed by atoms with Gasteiger partial charge in [-0.1, -0.05) is 0 Å². The summed E-state index contributed by atoms with van der Waals surface area (Å²) in [6.45, 7) is 1.80. The van der Waals surface area contributed by atoms with Gasteiger partial charge in [0.1, 0.15) is 5.76 Å². The Balaban J connectivity index is 2.47. The average molecular weight is 203 g/mol. The zero-order valence-corrected chi connectivity index (χ0v) is 8.47. The lowest BCUT2D eigenvalue weighted by atomic mass is 10.2. The third kappa shape index (κ3) is 4.10. The fourth-order valence-corrected chi connectivity index (χ4v) is 1.95. The van der Waals surface area contributed by atoms with Gasteiger partial charge in [0, 0.05) is 12.5 Å². The molecule has 1 atom stereocenters. The molecular formula is C8H13NO3S. The van der Waals surface area contributed by atoms with Crippen LogP contribution >= 0.6 is 0 Å². The number of hydrogen-bond acceptors (Lipinski definition) is 3. The van der Waals surface area contributed by atoms with Gasteiger partial charge in [0.05, 0.1) is 12.5 Å². The largest absolute Gasteiger partial charge is 0.469 e. The lowest BCUT2D eigenvalue weighted by Crippen LogP contribution is -2.32. The molecule has 0 spiro atoms. The standard InChI is InChI=1S/C8H13NO3S/c1-7(9-13(2,10)11)6-8-4-3-5-12-8/h3-5,7,9H,6H2,1-2H3/t7-/m0/s1. The average Bonchev–Trinajstić information content (AvgIpc) is 2.34. The lowest BCUT2D eigenvalue weighted by molar-refractivity contribution is 0.479. The molecule has 0 saturated carbocycles. The Morgan fingerprint density at radius 3 is 2.77 bits per heavy atom. The van der Waals surface area contributed by atoms with Crippen LogP contribution in [0.15, 0.2) is 22.8 Å². The molecule has 1 heterocycles.